The summed E-state index contributed by atoms with van der Waals surface area (Å²) in [6.07, 6.45) is 0. The van der Waals surface area contributed by atoms with Crippen LogP contribution in [0.4, 0.5) is 0 Å². The molecule has 3 heteroatoms. The molecule has 0 aliphatic rings. The number of benzene rings is 1. The number of hydrogen-bond acceptors (Lipinski definition) is 2. The summed E-state index contributed by atoms with van der Waals surface area (Å²) in [7, 11) is 0. The summed E-state index contributed by atoms with van der Waals surface area (Å²) in [4.78, 5) is 0. The first-order valence-corrected chi connectivity index (χ1v) is 5.47. The van der Waals surface area contributed by atoms with Gasteiger partial charge >= 0.3 is 0 Å². The molecule has 0 fully saturated rings. The molecule has 0 saturated heterocycles. The third-order valence-corrected chi connectivity index (χ3v) is 2.92. The van der Waals surface area contributed by atoms with E-state index in [1.54, 1.807) is 0 Å². The molecule has 14 heavy (non-hydrogen) atoms. The van der Waals surface area contributed by atoms with E-state index in [0.717, 1.165) is 11.1 Å². The molecular formula is C11H16BrNO. The van der Waals surface area contributed by atoms with Crippen LogP contribution < -0.4 is 5.73 Å². The van der Waals surface area contributed by atoms with Crippen molar-refractivity contribution in [2.45, 2.75) is 26.8 Å². The molecular weight excluding hydrogens is 242 g/mol. The monoisotopic (exact) mass is 257 g/mol. The summed E-state index contributed by atoms with van der Waals surface area (Å²) in [5, 5.41) is 9.81. The maximum absolute atomic E-state index is 9.81. The number of aromatic hydroxyl groups is 1. The van der Waals surface area contributed by atoms with Crippen molar-refractivity contribution in [1.29, 1.82) is 0 Å². The Morgan fingerprint density at radius 2 is 1.93 bits per heavy atom. The van der Waals surface area contributed by atoms with Crippen molar-refractivity contribution < 1.29 is 5.11 Å². The van der Waals surface area contributed by atoms with Gasteiger partial charge in [-0.1, -0.05) is 19.9 Å². The van der Waals surface area contributed by atoms with E-state index in [4.69, 9.17) is 5.73 Å². The van der Waals surface area contributed by atoms with Crippen molar-refractivity contribution in [2.75, 3.05) is 0 Å². The van der Waals surface area contributed by atoms with E-state index >= 15 is 0 Å². The first kappa shape index (κ1) is 11.5. The Morgan fingerprint density at radius 3 is 2.43 bits per heavy atom. The molecule has 1 aromatic carbocycles. The van der Waals surface area contributed by atoms with Crippen LogP contribution in [-0.2, 0) is 0 Å². The third kappa shape index (κ3) is 2.28. The summed E-state index contributed by atoms with van der Waals surface area (Å²) in [6, 6.07) is 3.70. The Kier molecular flexibility index (Phi) is 3.56. The van der Waals surface area contributed by atoms with E-state index in [1.807, 2.05) is 32.9 Å². The summed E-state index contributed by atoms with van der Waals surface area (Å²) in [6.45, 7) is 6.07. The van der Waals surface area contributed by atoms with Crippen LogP contribution in [0.25, 0.3) is 0 Å². The zero-order valence-electron chi connectivity index (χ0n) is 8.71. The summed E-state index contributed by atoms with van der Waals surface area (Å²) in [5.41, 5.74) is 7.91. The van der Waals surface area contributed by atoms with Gasteiger partial charge in [0.15, 0.2) is 0 Å². The van der Waals surface area contributed by atoms with Crippen LogP contribution in [0.2, 0.25) is 0 Å². The van der Waals surface area contributed by atoms with E-state index in [-0.39, 0.29) is 11.8 Å². The van der Waals surface area contributed by atoms with Crippen LogP contribution in [0.5, 0.6) is 5.75 Å². The zero-order valence-corrected chi connectivity index (χ0v) is 10.3. The molecule has 0 aliphatic heterocycles. The lowest BCUT2D eigenvalue weighted by Crippen LogP contribution is -2.17. The highest BCUT2D eigenvalue weighted by Crippen LogP contribution is 2.34. The van der Waals surface area contributed by atoms with E-state index in [9.17, 15) is 5.11 Å². The van der Waals surface area contributed by atoms with Gasteiger partial charge in [0.25, 0.3) is 0 Å². The van der Waals surface area contributed by atoms with Gasteiger partial charge in [0, 0.05) is 11.6 Å². The molecule has 0 radical (unpaired) electrons. The maximum atomic E-state index is 9.81. The van der Waals surface area contributed by atoms with Gasteiger partial charge in [-0.15, -0.1) is 0 Å². The first-order chi connectivity index (χ1) is 6.43. The Labute approximate surface area is 93.3 Å². The highest BCUT2D eigenvalue weighted by atomic mass is 79.9. The van der Waals surface area contributed by atoms with E-state index in [1.165, 1.54) is 0 Å². The Bertz CT molecular complexity index is 336. The fourth-order valence-electron chi connectivity index (χ4n) is 1.37. The average Bonchev–Trinajstić information content (AvgIpc) is 2.09. The highest BCUT2D eigenvalue weighted by Gasteiger charge is 2.16. The Morgan fingerprint density at radius 1 is 1.36 bits per heavy atom. The second-order valence-corrected chi connectivity index (χ2v) is 4.81. The van der Waals surface area contributed by atoms with Gasteiger partial charge in [-0.3, -0.25) is 0 Å². The largest absolute Gasteiger partial charge is 0.506 e. The highest BCUT2D eigenvalue weighted by molar-refractivity contribution is 9.10. The maximum Gasteiger partial charge on any atom is 0.134 e. The van der Waals surface area contributed by atoms with Crippen molar-refractivity contribution >= 4 is 15.9 Å². The summed E-state index contributed by atoms with van der Waals surface area (Å²) in [5.74, 6) is 0.575. The molecule has 3 N–H and O–H groups in total. The molecule has 1 rings (SSSR count). The van der Waals surface area contributed by atoms with Gasteiger partial charge in [0.1, 0.15) is 5.75 Å². The fraction of sp³-hybridized carbons (Fsp3) is 0.455. The van der Waals surface area contributed by atoms with Crippen LogP contribution >= 0.6 is 15.9 Å². The smallest absolute Gasteiger partial charge is 0.134 e. The third-order valence-electron chi connectivity index (χ3n) is 2.31. The van der Waals surface area contributed by atoms with E-state index in [0.29, 0.717) is 10.4 Å². The second kappa shape index (κ2) is 4.32. The predicted octanol–water partition coefficient (Wildman–Crippen LogP) is 3.12. The second-order valence-electron chi connectivity index (χ2n) is 3.95. The van der Waals surface area contributed by atoms with Crippen molar-refractivity contribution in [3.05, 3.63) is 27.7 Å². The lowest BCUT2D eigenvalue weighted by molar-refractivity contribution is 0.437. The van der Waals surface area contributed by atoms with Gasteiger partial charge in [0.05, 0.1) is 4.47 Å². The molecule has 2 nitrogen and oxygen atoms in total. The standard InChI is InChI=1S/C11H16BrNO/c1-6(2)10(13)8-4-7(3)5-9(12)11(8)14/h4-6,10,14H,13H2,1-3H3/t10-/m1/s1. The van der Waals surface area contributed by atoms with Crippen LogP contribution in [0.1, 0.15) is 31.0 Å². The quantitative estimate of drug-likeness (QED) is 0.856. The van der Waals surface area contributed by atoms with Gasteiger partial charge in [0.2, 0.25) is 0 Å². The van der Waals surface area contributed by atoms with Gasteiger partial charge in [-0.05, 0) is 40.4 Å². The fourth-order valence-corrected chi connectivity index (χ4v) is 1.96. The molecule has 0 amide bonds. The zero-order chi connectivity index (χ0) is 10.9. The first-order valence-electron chi connectivity index (χ1n) is 4.68. The van der Waals surface area contributed by atoms with Gasteiger partial charge in [-0.25, -0.2) is 0 Å². The SMILES string of the molecule is Cc1cc(Br)c(O)c([C@H](N)C(C)C)c1. The number of rotatable bonds is 2. The van der Waals surface area contributed by atoms with Crippen molar-refractivity contribution in [1.82, 2.24) is 0 Å². The molecule has 0 saturated carbocycles. The minimum absolute atomic E-state index is 0.119. The number of hydrogen-bond donors (Lipinski definition) is 2. The Hall–Kier alpha value is -0.540. The summed E-state index contributed by atoms with van der Waals surface area (Å²) < 4.78 is 0.712. The van der Waals surface area contributed by atoms with Crippen molar-refractivity contribution in [3.63, 3.8) is 0 Å². The van der Waals surface area contributed by atoms with Gasteiger partial charge in [-0.2, -0.15) is 0 Å². The number of aryl methyl sites for hydroxylation is 1. The lowest BCUT2D eigenvalue weighted by atomic mass is 9.95. The normalized spacial score (nSPS) is 13.3. The molecule has 0 heterocycles. The number of phenolic OH excluding ortho intramolecular Hbond substituents is 1. The molecule has 1 aromatic rings. The minimum Gasteiger partial charge on any atom is -0.506 e. The molecule has 78 valence electrons. The van der Waals surface area contributed by atoms with Crippen molar-refractivity contribution in [2.24, 2.45) is 11.7 Å². The average molecular weight is 258 g/mol. The van der Waals surface area contributed by atoms with E-state index < -0.39 is 0 Å². The molecule has 1 atom stereocenters. The lowest BCUT2D eigenvalue weighted by Gasteiger charge is -2.18. The van der Waals surface area contributed by atoms with Crippen LogP contribution in [0, 0.1) is 12.8 Å². The minimum atomic E-state index is -0.119. The van der Waals surface area contributed by atoms with Crippen LogP contribution in [-0.4, -0.2) is 5.11 Å². The van der Waals surface area contributed by atoms with Crippen molar-refractivity contribution in [3.8, 4) is 5.75 Å². The van der Waals surface area contributed by atoms with E-state index in [2.05, 4.69) is 15.9 Å². The number of halogens is 1. The molecule has 0 spiro atoms. The molecule has 0 bridgehead atoms. The molecule has 0 aliphatic carbocycles. The number of nitrogens with two attached hydrogens (primary N) is 1. The van der Waals surface area contributed by atoms with Crippen LogP contribution in [0.3, 0.4) is 0 Å². The molecule has 0 aromatic heterocycles. The predicted molar refractivity (Wildman–Crippen MR) is 62.3 cm³/mol. The van der Waals surface area contributed by atoms with Crippen LogP contribution in [0.15, 0.2) is 16.6 Å². The Balaban J connectivity index is 3.20. The summed E-state index contributed by atoms with van der Waals surface area (Å²) >= 11 is 3.31. The van der Waals surface area contributed by atoms with Gasteiger partial charge < -0.3 is 10.8 Å². The number of phenols is 1. The topological polar surface area (TPSA) is 46.2 Å². The molecule has 0 unspecified atom stereocenters.